The van der Waals surface area contributed by atoms with Crippen LogP contribution in [0.2, 0.25) is 0 Å². The maximum absolute atomic E-state index is 13.3. The van der Waals surface area contributed by atoms with E-state index in [4.69, 9.17) is 4.74 Å². The molecule has 3 nitrogen and oxygen atoms in total. The van der Waals surface area contributed by atoms with Crippen molar-refractivity contribution in [2.24, 2.45) is 0 Å². The molecule has 9 rings (SSSR count). The first-order chi connectivity index (χ1) is 26.6. The van der Waals surface area contributed by atoms with Gasteiger partial charge in [0.25, 0.3) is 0 Å². The molecule has 0 radical (unpaired) electrons. The molecule has 0 amide bonds. The summed E-state index contributed by atoms with van der Waals surface area (Å²) < 4.78 is 5.18. The van der Waals surface area contributed by atoms with Gasteiger partial charge >= 0.3 is 0 Å². The average molecular weight is 739 g/mol. The van der Waals surface area contributed by atoms with Crippen LogP contribution in [0.25, 0.3) is 53.9 Å². The van der Waals surface area contributed by atoms with Crippen molar-refractivity contribution in [3.05, 3.63) is 187 Å². The summed E-state index contributed by atoms with van der Waals surface area (Å²) in [4.78, 5) is 28.3. The molecule has 0 unspecified atom stereocenters. The third-order valence-electron chi connectivity index (χ3n) is 9.15. The van der Waals surface area contributed by atoms with Gasteiger partial charge in [-0.15, -0.1) is 0 Å². The lowest BCUT2D eigenvalue weighted by molar-refractivity contribution is 0.108. The van der Waals surface area contributed by atoms with Gasteiger partial charge in [0.15, 0.2) is 0 Å². The van der Waals surface area contributed by atoms with Gasteiger partial charge < -0.3 is 4.74 Å². The Morgan fingerprint density at radius 3 is 1.17 bits per heavy atom. The Bertz CT molecular complexity index is 2660. The van der Waals surface area contributed by atoms with Crippen molar-refractivity contribution in [2.45, 2.75) is 23.6 Å². The van der Waals surface area contributed by atoms with Gasteiger partial charge in [0, 0.05) is 20.9 Å². The number of thioether (sulfide) groups is 2. The summed E-state index contributed by atoms with van der Waals surface area (Å²) in [5.41, 5.74) is 1.57. The predicted octanol–water partition coefficient (Wildman–Crippen LogP) is 14.0. The summed E-state index contributed by atoms with van der Waals surface area (Å²) in [5.74, 6) is 0.785. The van der Waals surface area contributed by atoms with E-state index in [1.54, 1.807) is 7.11 Å². The van der Waals surface area contributed by atoms with Crippen molar-refractivity contribution in [2.75, 3.05) is 7.11 Å². The van der Waals surface area contributed by atoms with Gasteiger partial charge in [0.1, 0.15) is 5.75 Å². The zero-order valence-corrected chi connectivity index (χ0v) is 31.9. The lowest BCUT2D eigenvalue weighted by Gasteiger charge is -2.11. The van der Waals surface area contributed by atoms with E-state index in [2.05, 4.69) is 60.7 Å². The van der Waals surface area contributed by atoms with Crippen LogP contribution >= 0.6 is 23.5 Å². The summed E-state index contributed by atoms with van der Waals surface area (Å²) in [6.45, 7) is 4.00. The molecule has 0 aliphatic heterocycles. The molecule has 0 spiro atoms. The molecule has 0 aliphatic carbocycles. The predicted molar refractivity (Wildman–Crippen MR) is 232 cm³/mol. The van der Waals surface area contributed by atoms with Crippen molar-refractivity contribution < 1.29 is 14.3 Å². The second kappa shape index (κ2) is 16.9. The highest BCUT2D eigenvalue weighted by Crippen LogP contribution is 2.36. The lowest BCUT2D eigenvalue weighted by atomic mass is 9.97. The Kier molecular flexibility index (Phi) is 11.4. The monoisotopic (exact) mass is 738 g/mol. The quantitative estimate of drug-likeness (QED) is 0.130. The largest absolute Gasteiger partial charge is 0.497 e. The van der Waals surface area contributed by atoms with Crippen LogP contribution < -0.4 is 4.74 Å². The minimum absolute atomic E-state index is 0.0539. The van der Waals surface area contributed by atoms with Crippen LogP contribution in [0.3, 0.4) is 0 Å². The van der Waals surface area contributed by atoms with Gasteiger partial charge in [0.2, 0.25) is 10.2 Å². The zero-order chi connectivity index (χ0) is 37.4. The Labute approximate surface area is 324 Å². The van der Waals surface area contributed by atoms with Crippen LogP contribution in [0.15, 0.2) is 186 Å². The molecule has 0 heterocycles. The fourth-order valence-corrected chi connectivity index (χ4v) is 8.32. The molecule has 5 heteroatoms. The normalized spacial score (nSPS) is 10.8. The van der Waals surface area contributed by atoms with E-state index in [9.17, 15) is 9.59 Å². The molecule has 0 N–H and O–H groups in total. The van der Waals surface area contributed by atoms with E-state index < -0.39 is 0 Å². The number of ether oxygens (including phenoxy) is 1. The Morgan fingerprint density at radius 2 is 0.741 bits per heavy atom. The van der Waals surface area contributed by atoms with Crippen LogP contribution in [0.5, 0.6) is 5.75 Å². The van der Waals surface area contributed by atoms with Crippen LogP contribution in [-0.2, 0) is 0 Å². The molecular weight excluding hydrogens is 701 g/mol. The molecule has 0 fully saturated rings. The van der Waals surface area contributed by atoms with Crippen molar-refractivity contribution in [1.82, 2.24) is 0 Å². The third kappa shape index (κ3) is 7.74. The average Bonchev–Trinajstić information content (AvgIpc) is 3.23. The lowest BCUT2D eigenvalue weighted by Crippen LogP contribution is -1.97. The van der Waals surface area contributed by atoms with Crippen molar-refractivity contribution >= 4 is 87.6 Å². The van der Waals surface area contributed by atoms with E-state index in [1.165, 1.54) is 28.9 Å². The van der Waals surface area contributed by atoms with Crippen molar-refractivity contribution in [3.8, 4) is 5.75 Å². The fraction of sp³-hybridized carbons (Fsp3) is 0.0612. The summed E-state index contributed by atoms with van der Waals surface area (Å²) in [6.07, 6.45) is 0. The highest BCUT2D eigenvalue weighted by molar-refractivity contribution is 8.14. The molecule has 0 aromatic heterocycles. The molecule has 0 saturated heterocycles. The van der Waals surface area contributed by atoms with Crippen LogP contribution in [0.1, 0.15) is 34.6 Å². The number of hydrogen-bond acceptors (Lipinski definition) is 5. The number of methoxy groups -OCH3 is 1. The van der Waals surface area contributed by atoms with Crippen LogP contribution in [0, 0.1) is 0 Å². The summed E-state index contributed by atoms with van der Waals surface area (Å²) in [7, 11) is 1.63. The Morgan fingerprint density at radius 1 is 0.389 bits per heavy atom. The molecule has 9 aromatic carbocycles. The van der Waals surface area contributed by atoms with Crippen LogP contribution in [-0.4, -0.2) is 17.3 Å². The molecule has 9 aromatic rings. The molecule has 0 atom stereocenters. The fourth-order valence-electron chi connectivity index (χ4n) is 6.66. The minimum Gasteiger partial charge on any atom is -0.497 e. The van der Waals surface area contributed by atoms with E-state index >= 15 is 0 Å². The van der Waals surface area contributed by atoms with E-state index in [0.717, 1.165) is 75.1 Å². The summed E-state index contributed by atoms with van der Waals surface area (Å²) >= 11 is 2.55. The van der Waals surface area contributed by atoms with Crippen molar-refractivity contribution in [1.29, 1.82) is 0 Å². The number of carbonyl (C=O) groups excluding carboxylic acids is 2. The number of hydrogen-bond donors (Lipinski definition) is 0. The molecule has 0 saturated carbocycles. The van der Waals surface area contributed by atoms with Crippen LogP contribution in [0.4, 0.5) is 0 Å². The highest BCUT2D eigenvalue weighted by atomic mass is 32.2. The zero-order valence-electron chi connectivity index (χ0n) is 30.3. The first kappa shape index (κ1) is 36.5. The van der Waals surface area contributed by atoms with Gasteiger partial charge in [-0.2, -0.15) is 0 Å². The maximum atomic E-state index is 13.3. The van der Waals surface area contributed by atoms with Gasteiger partial charge in [-0.05, 0) is 126 Å². The summed E-state index contributed by atoms with van der Waals surface area (Å²) in [5, 5.41) is 10.8. The van der Waals surface area contributed by atoms with E-state index in [1.807, 2.05) is 129 Å². The van der Waals surface area contributed by atoms with E-state index in [0.29, 0.717) is 0 Å². The minimum atomic E-state index is 0.0539. The molecule has 0 aliphatic rings. The number of fused-ring (bicyclic) bond motifs is 5. The number of benzene rings is 9. The van der Waals surface area contributed by atoms with Gasteiger partial charge in [-0.1, -0.05) is 141 Å². The number of rotatable bonds is 5. The second-order valence-corrected chi connectivity index (χ2v) is 14.4. The number of carbonyl (C=O) groups is 2. The maximum Gasteiger partial charge on any atom is 0.225 e. The van der Waals surface area contributed by atoms with Gasteiger partial charge in [-0.25, -0.2) is 0 Å². The highest BCUT2D eigenvalue weighted by Gasteiger charge is 2.18. The first-order valence-corrected chi connectivity index (χ1v) is 19.6. The summed E-state index contributed by atoms with van der Waals surface area (Å²) in [6, 6.07) is 58.6. The second-order valence-electron chi connectivity index (χ2n) is 12.4. The standard InChI is InChI=1S/C25H16OS.C22H16O2S.C2H6/c26-25(27-21-14-13-17-7-1-2-8-18(17)16-21)24-22-11-5-3-9-19(22)15-20-10-4-6-12-23(20)24;1-24-17-10-12-18(13-11-17)25-22(23)21-19-8-4-2-6-15(19)14-16-7-3-5-9-20(16)21;1-2/h1-16H;2-14H,1H3;1-2H3. The molecule has 54 heavy (non-hydrogen) atoms. The SMILES string of the molecule is CC.COc1ccc(SC(=O)c2c3ccccc3cc3ccccc23)cc1.O=C(Sc1ccc2ccccc2c1)c1c2ccccc2cc2ccccc12. The third-order valence-corrected chi connectivity index (χ3v) is 10.9. The van der Waals surface area contributed by atoms with Gasteiger partial charge in [0.05, 0.1) is 7.11 Å². The first-order valence-electron chi connectivity index (χ1n) is 17.9. The topological polar surface area (TPSA) is 43.4 Å². The molecular formula is C49H38O3S2. The van der Waals surface area contributed by atoms with Gasteiger partial charge in [-0.3, -0.25) is 9.59 Å². The Balaban J connectivity index is 0.000000160. The van der Waals surface area contributed by atoms with E-state index in [-0.39, 0.29) is 10.2 Å². The Hall–Kier alpha value is -5.88. The smallest absolute Gasteiger partial charge is 0.225 e. The molecule has 0 bridgehead atoms. The molecule has 264 valence electrons. The van der Waals surface area contributed by atoms with Crippen molar-refractivity contribution in [3.63, 3.8) is 0 Å².